The number of non-ortho nitro benzene ring substituents is 1. The van der Waals surface area contributed by atoms with Crippen molar-refractivity contribution in [1.29, 1.82) is 0 Å². The fourth-order valence-corrected chi connectivity index (χ4v) is 3.18. The topological polar surface area (TPSA) is 112 Å². The SMILES string of the molecule is Cc1cccc(Nc2cc(Nc3ccccc3)ccc2N=Nc2cc([N+](=O)[O-])ccc2O)c1. The molecule has 0 aliphatic carbocycles. The molecule has 4 rings (SSSR count). The second-order valence-corrected chi connectivity index (χ2v) is 7.35. The van der Waals surface area contributed by atoms with Crippen LogP contribution in [0.4, 0.5) is 39.8 Å². The van der Waals surface area contributed by atoms with Crippen molar-refractivity contribution >= 4 is 39.8 Å². The molecule has 0 bridgehead atoms. The molecule has 33 heavy (non-hydrogen) atoms. The first-order chi connectivity index (χ1) is 16.0. The average molecular weight is 439 g/mol. The number of nitrogens with zero attached hydrogens (tertiary/aromatic N) is 3. The van der Waals surface area contributed by atoms with E-state index in [-0.39, 0.29) is 17.1 Å². The standard InChI is InChI=1S/C25H21N5O3/c1-17-6-5-9-19(14-17)27-23-15-20(26-18-7-3-2-4-8-18)10-12-22(23)28-29-24-16-21(30(32)33)11-13-25(24)31/h2-16,26-27,31H,1H3. The van der Waals surface area contributed by atoms with Gasteiger partial charge in [-0.2, -0.15) is 0 Å². The minimum absolute atomic E-state index is 0.0113. The van der Waals surface area contributed by atoms with Gasteiger partial charge in [0.1, 0.15) is 17.1 Å². The van der Waals surface area contributed by atoms with Gasteiger partial charge in [-0.25, -0.2) is 0 Å². The summed E-state index contributed by atoms with van der Waals surface area (Å²) in [4.78, 5) is 10.5. The first-order valence-electron chi connectivity index (χ1n) is 10.2. The Kier molecular flexibility index (Phi) is 6.26. The molecule has 0 unspecified atom stereocenters. The van der Waals surface area contributed by atoms with Crippen molar-refractivity contribution < 1.29 is 10.0 Å². The van der Waals surface area contributed by atoms with Gasteiger partial charge >= 0.3 is 0 Å². The summed E-state index contributed by atoms with van der Waals surface area (Å²) in [5.41, 5.74) is 4.77. The van der Waals surface area contributed by atoms with Crippen molar-refractivity contribution in [3.05, 3.63) is 107 Å². The van der Waals surface area contributed by atoms with Gasteiger partial charge in [-0.3, -0.25) is 10.1 Å². The van der Waals surface area contributed by atoms with E-state index in [0.717, 1.165) is 22.6 Å². The maximum atomic E-state index is 11.0. The van der Waals surface area contributed by atoms with Gasteiger partial charge in [0.05, 0.1) is 10.6 Å². The number of phenolic OH excluding ortho intramolecular Hbond substituents is 1. The van der Waals surface area contributed by atoms with E-state index < -0.39 is 4.92 Å². The molecule has 3 N–H and O–H groups in total. The van der Waals surface area contributed by atoms with Gasteiger partial charge in [0.2, 0.25) is 0 Å². The van der Waals surface area contributed by atoms with E-state index in [1.165, 1.54) is 18.2 Å². The Labute approximate surface area is 190 Å². The van der Waals surface area contributed by atoms with Crippen LogP contribution < -0.4 is 10.6 Å². The molecule has 0 heterocycles. The Morgan fingerprint density at radius 3 is 2.24 bits per heavy atom. The Balaban J connectivity index is 1.69. The number of anilines is 4. The van der Waals surface area contributed by atoms with Crippen molar-refractivity contribution in [1.82, 2.24) is 0 Å². The van der Waals surface area contributed by atoms with Gasteiger partial charge in [0.15, 0.2) is 0 Å². The molecule has 164 valence electrons. The summed E-state index contributed by atoms with van der Waals surface area (Å²) in [6.07, 6.45) is 0. The zero-order valence-electron chi connectivity index (χ0n) is 17.8. The molecule has 0 fully saturated rings. The third-order valence-electron chi connectivity index (χ3n) is 4.79. The van der Waals surface area contributed by atoms with Crippen LogP contribution in [0.3, 0.4) is 0 Å². The molecule has 0 aliphatic rings. The van der Waals surface area contributed by atoms with E-state index in [1.54, 1.807) is 6.07 Å². The fraction of sp³-hybridized carbons (Fsp3) is 0.0400. The normalized spacial score (nSPS) is 10.8. The first-order valence-corrected chi connectivity index (χ1v) is 10.2. The maximum absolute atomic E-state index is 11.0. The summed E-state index contributed by atoms with van der Waals surface area (Å²) < 4.78 is 0. The van der Waals surface area contributed by atoms with Crippen LogP contribution >= 0.6 is 0 Å². The van der Waals surface area contributed by atoms with E-state index in [2.05, 4.69) is 20.9 Å². The van der Waals surface area contributed by atoms with Crippen LogP contribution in [0.25, 0.3) is 0 Å². The van der Waals surface area contributed by atoms with Crippen molar-refractivity contribution in [2.24, 2.45) is 10.2 Å². The number of benzene rings is 4. The Morgan fingerprint density at radius 1 is 0.758 bits per heavy atom. The number of nitro benzene ring substituents is 1. The molecule has 8 heteroatoms. The molecule has 0 saturated heterocycles. The molecule has 8 nitrogen and oxygen atoms in total. The third kappa shape index (κ3) is 5.50. The molecule has 0 saturated carbocycles. The average Bonchev–Trinajstić information content (AvgIpc) is 2.80. The molecule has 0 spiro atoms. The van der Waals surface area contributed by atoms with Crippen LogP contribution in [0.2, 0.25) is 0 Å². The number of aromatic hydroxyl groups is 1. The minimum Gasteiger partial charge on any atom is -0.506 e. The largest absolute Gasteiger partial charge is 0.506 e. The number of nitro groups is 1. The number of nitrogens with one attached hydrogen (secondary N) is 2. The summed E-state index contributed by atoms with van der Waals surface area (Å²) in [6.45, 7) is 2.00. The van der Waals surface area contributed by atoms with Gasteiger partial charge in [-0.15, -0.1) is 10.2 Å². The van der Waals surface area contributed by atoms with Gasteiger partial charge in [-0.05, 0) is 61.0 Å². The zero-order chi connectivity index (χ0) is 23.2. The van der Waals surface area contributed by atoms with Crippen molar-refractivity contribution in [3.63, 3.8) is 0 Å². The predicted octanol–water partition coefficient (Wildman–Crippen LogP) is 7.51. The predicted molar refractivity (Wildman–Crippen MR) is 130 cm³/mol. The highest BCUT2D eigenvalue weighted by atomic mass is 16.6. The molecule has 4 aromatic carbocycles. The second kappa shape index (κ2) is 9.61. The maximum Gasteiger partial charge on any atom is 0.271 e. The highest BCUT2D eigenvalue weighted by Crippen LogP contribution is 2.36. The zero-order valence-corrected chi connectivity index (χ0v) is 17.8. The van der Waals surface area contributed by atoms with Crippen LogP contribution in [0, 0.1) is 17.0 Å². The highest BCUT2D eigenvalue weighted by Gasteiger charge is 2.11. The number of para-hydroxylation sites is 1. The lowest BCUT2D eigenvalue weighted by Gasteiger charge is -2.13. The summed E-state index contributed by atoms with van der Waals surface area (Å²) in [7, 11) is 0. The second-order valence-electron chi connectivity index (χ2n) is 7.35. The number of azo groups is 1. The first kappa shape index (κ1) is 21.5. The molecule has 0 aromatic heterocycles. The van der Waals surface area contributed by atoms with Crippen LogP contribution in [0.1, 0.15) is 5.56 Å². The van der Waals surface area contributed by atoms with Crippen molar-refractivity contribution in [2.75, 3.05) is 10.6 Å². The summed E-state index contributed by atoms with van der Waals surface area (Å²) in [6, 6.07) is 26.8. The quantitative estimate of drug-likeness (QED) is 0.157. The number of hydrogen-bond donors (Lipinski definition) is 3. The van der Waals surface area contributed by atoms with E-state index in [4.69, 9.17) is 0 Å². The van der Waals surface area contributed by atoms with E-state index >= 15 is 0 Å². The smallest absolute Gasteiger partial charge is 0.271 e. The summed E-state index contributed by atoms with van der Waals surface area (Å²) >= 11 is 0. The van der Waals surface area contributed by atoms with Gasteiger partial charge < -0.3 is 15.7 Å². The van der Waals surface area contributed by atoms with Gasteiger partial charge in [-0.1, -0.05) is 30.3 Å². The van der Waals surface area contributed by atoms with E-state index in [1.807, 2.05) is 73.7 Å². The van der Waals surface area contributed by atoms with Crippen LogP contribution in [0.15, 0.2) is 101 Å². The monoisotopic (exact) mass is 439 g/mol. The van der Waals surface area contributed by atoms with Gasteiger partial charge in [0, 0.05) is 29.2 Å². The molecule has 4 aromatic rings. The lowest BCUT2D eigenvalue weighted by molar-refractivity contribution is -0.384. The lowest BCUT2D eigenvalue weighted by atomic mass is 10.2. The molecule has 0 radical (unpaired) electrons. The molecule has 0 amide bonds. The molecule has 0 aliphatic heterocycles. The summed E-state index contributed by atoms with van der Waals surface area (Å²) in [5, 5.41) is 36.1. The van der Waals surface area contributed by atoms with Crippen LogP contribution in [0.5, 0.6) is 5.75 Å². The van der Waals surface area contributed by atoms with E-state index in [9.17, 15) is 15.2 Å². The molecule has 0 atom stereocenters. The molecular formula is C25H21N5O3. The van der Waals surface area contributed by atoms with Crippen LogP contribution in [-0.2, 0) is 0 Å². The Bertz CT molecular complexity index is 1320. The van der Waals surface area contributed by atoms with Crippen molar-refractivity contribution in [2.45, 2.75) is 6.92 Å². The Hall–Kier alpha value is -4.72. The van der Waals surface area contributed by atoms with Gasteiger partial charge in [0.25, 0.3) is 5.69 Å². The number of hydrogen-bond acceptors (Lipinski definition) is 7. The lowest BCUT2D eigenvalue weighted by Crippen LogP contribution is -1.94. The minimum atomic E-state index is -0.548. The molecular weight excluding hydrogens is 418 g/mol. The summed E-state index contributed by atoms with van der Waals surface area (Å²) in [5.74, 6) is -0.195. The highest BCUT2D eigenvalue weighted by molar-refractivity contribution is 5.78. The third-order valence-corrected chi connectivity index (χ3v) is 4.79. The van der Waals surface area contributed by atoms with Crippen molar-refractivity contribution in [3.8, 4) is 5.75 Å². The van der Waals surface area contributed by atoms with Crippen LogP contribution in [-0.4, -0.2) is 10.0 Å². The van der Waals surface area contributed by atoms with E-state index in [0.29, 0.717) is 11.4 Å². The number of rotatable bonds is 7. The number of aryl methyl sites for hydroxylation is 1. The Morgan fingerprint density at radius 2 is 1.48 bits per heavy atom. The fourth-order valence-electron chi connectivity index (χ4n) is 3.18. The number of phenols is 1.